The van der Waals surface area contributed by atoms with Gasteiger partial charge >= 0.3 is 19.5 Å². The van der Waals surface area contributed by atoms with Crippen molar-refractivity contribution in [1.82, 2.24) is 0 Å². The monoisotopic (exact) mass is 374 g/mol. The second kappa shape index (κ2) is 17.7. The largest absolute Gasteiger partial charge is 2.00 e. The van der Waals surface area contributed by atoms with Gasteiger partial charge in [0.25, 0.3) is 0 Å². The Labute approximate surface area is 153 Å². The van der Waals surface area contributed by atoms with E-state index in [0.29, 0.717) is 6.42 Å². The Hall–Kier alpha value is -0.697. The third-order valence-electron chi connectivity index (χ3n) is 3.90. The molecule has 128 valence electrons. The third-order valence-corrected chi connectivity index (χ3v) is 3.90. The Morgan fingerprint density at radius 2 is 0.913 bits per heavy atom. The minimum absolute atomic E-state index is 0. The van der Waals surface area contributed by atoms with Crippen molar-refractivity contribution in [3.63, 3.8) is 0 Å². The van der Waals surface area contributed by atoms with Crippen molar-refractivity contribution in [3.05, 3.63) is 12.2 Å². The van der Waals surface area contributed by atoms with Crippen LogP contribution in [0.1, 0.15) is 89.9 Å². The van der Waals surface area contributed by atoms with Crippen LogP contribution >= 0.6 is 0 Å². The summed E-state index contributed by atoms with van der Waals surface area (Å²) in [4.78, 5) is 20.7. The zero-order valence-electron chi connectivity index (χ0n) is 14.4. The van der Waals surface area contributed by atoms with Crippen molar-refractivity contribution < 1.29 is 39.3 Å². The maximum Gasteiger partial charge on any atom is 2.00 e. The molecule has 0 N–H and O–H groups in total. The van der Waals surface area contributed by atoms with Gasteiger partial charge in [0.1, 0.15) is 0 Å². The van der Waals surface area contributed by atoms with Crippen LogP contribution < -0.4 is 10.2 Å². The number of carbonyl (C=O) groups is 2. The minimum Gasteiger partial charge on any atom is -0.550 e. The normalized spacial score (nSPS) is 10.1. The second-order valence-electron chi connectivity index (χ2n) is 6.01. The van der Waals surface area contributed by atoms with E-state index in [4.69, 9.17) is 0 Å². The average Bonchev–Trinajstić information content (AvgIpc) is 2.46. The van der Waals surface area contributed by atoms with Gasteiger partial charge in [0.2, 0.25) is 0 Å². The van der Waals surface area contributed by atoms with E-state index in [1.807, 2.05) is 0 Å². The average molecular weight is 376 g/mol. The summed E-state index contributed by atoms with van der Waals surface area (Å²) >= 11 is 0. The number of hydrogen-bond donors (Lipinski definition) is 0. The van der Waals surface area contributed by atoms with E-state index in [1.165, 1.54) is 38.5 Å². The molecule has 5 heteroatoms. The fraction of sp³-hybridized carbons (Fsp3) is 0.778. The van der Waals surface area contributed by atoms with Crippen LogP contribution in [0.5, 0.6) is 0 Å². The molecule has 0 radical (unpaired) electrons. The molecule has 0 aliphatic carbocycles. The summed E-state index contributed by atoms with van der Waals surface area (Å²) in [5, 5.41) is 20.7. The number of hydrogen-bond acceptors (Lipinski definition) is 4. The molecule has 0 saturated carbocycles. The number of rotatable bonds is 16. The van der Waals surface area contributed by atoms with Gasteiger partial charge in [-0.2, -0.15) is 0 Å². The summed E-state index contributed by atoms with van der Waals surface area (Å²) in [6, 6.07) is 0. The molecule has 0 aromatic rings. The fourth-order valence-corrected chi connectivity index (χ4v) is 2.48. The van der Waals surface area contributed by atoms with Crippen molar-refractivity contribution in [2.75, 3.05) is 0 Å². The van der Waals surface area contributed by atoms with Gasteiger partial charge in [0, 0.05) is 5.97 Å². The number of carboxylic acids is 2. The minimum atomic E-state index is -1.13. The van der Waals surface area contributed by atoms with E-state index in [2.05, 4.69) is 6.58 Å². The Morgan fingerprint density at radius 3 is 1.22 bits per heavy atom. The van der Waals surface area contributed by atoms with Gasteiger partial charge < -0.3 is 19.8 Å². The Kier molecular flexibility index (Phi) is 18.8. The second-order valence-corrected chi connectivity index (χ2v) is 6.01. The van der Waals surface area contributed by atoms with E-state index in [-0.39, 0.29) is 31.5 Å². The molecule has 0 atom stereocenters. The standard InChI is InChI=1S/C18H32O4.Zn/c1-16(18(21)22)14-12-10-8-6-4-2-3-5-7-9-11-13-15-17(19)20;/h1-15H2,(H,19,20)(H,21,22);/q;+2/p-2. The first-order valence-electron chi connectivity index (χ1n) is 8.63. The van der Waals surface area contributed by atoms with Crippen molar-refractivity contribution in [1.29, 1.82) is 0 Å². The smallest absolute Gasteiger partial charge is 0.550 e. The summed E-state index contributed by atoms with van der Waals surface area (Å²) in [6.07, 6.45) is 14.1. The topological polar surface area (TPSA) is 80.3 Å². The summed E-state index contributed by atoms with van der Waals surface area (Å²) < 4.78 is 0. The Balaban J connectivity index is 0. The van der Waals surface area contributed by atoms with Gasteiger partial charge in [-0.3, -0.25) is 0 Å². The van der Waals surface area contributed by atoms with E-state index in [0.717, 1.165) is 38.5 Å². The van der Waals surface area contributed by atoms with Crippen molar-refractivity contribution in [3.8, 4) is 0 Å². The maximum atomic E-state index is 10.4. The van der Waals surface area contributed by atoms with Crippen LogP contribution in [0.3, 0.4) is 0 Å². The van der Waals surface area contributed by atoms with Crippen molar-refractivity contribution >= 4 is 11.9 Å². The van der Waals surface area contributed by atoms with Crippen molar-refractivity contribution in [2.24, 2.45) is 0 Å². The molecular formula is C18H30O4Zn. The van der Waals surface area contributed by atoms with E-state index < -0.39 is 11.9 Å². The molecule has 0 fully saturated rings. The quantitative estimate of drug-likeness (QED) is 0.236. The molecular weight excluding hydrogens is 346 g/mol. The molecule has 23 heavy (non-hydrogen) atoms. The zero-order chi connectivity index (χ0) is 16.6. The molecule has 0 aromatic carbocycles. The van der Waals surface area contributed by atoms with Crippen LogP contribution in [0, 0.1) is 0 Å². The van der Waals surface area contributed by atoms with Crippen molar-refractivity contribution in [2.45, 2.75) is 89.9 Å². The summed E-state index contributed by atoms with van der Waals surface area (Å²) in [5.41, 5.74) is 0.208. The SMILES string of the molecule is C=C(CCCCCCCCCCCCCCC(=O)[O-])C(=O)[O-].[Zn+2]. The molecule has 0 aliphatic rings. The molecule has 0 bridgehead atoms. The van der Waals surface area contributed by atoms with E-state index in [9.17, 15) is 19.8 Å². The predicted octanol–water partition coefficient (Wildman–Crippen LogP) is 2.50. The molecule has 0 aromatic heterocycles. The molecule has 0 heterocycles. The molecule has 4 nitrogen and oxygen atoms in total. The molecule has 0 rings (SSSR count). The summed E-state index contributed by atoms with van der Waals surface area (Å²) in [5.74, 6) is -2.07. The Bertz CT molecular complexity index is 329. The van der Waals surface area contributed by atoms with Gasteiger partial charge in [-0.25, -0.2) is 0 Å². The molecule has 0 spiro atoms. The van der Waals surface area contributed by atoms with E-state index in [1.54, 1.807) is 0 Å². The van der Waals surface area contributed by atoms with Crippen LogP contribution in [0.2, 0.25) is 0 Å². The molecule has 0 amide bonds. The molecule has 0 unspecified atom stereocenters. The van der Waals surface area contributed by atoms with Crippen LogP contribution in [0.15, 0.2) is 12.2 Å². The Morgan fingerprint density at radius 1 is 0.609 bits per heavy atom. The first-order valence-corrected chi connectivity index (χ1v) is 8.63. The predicted molar refractivity (Wildman–Crippen MR) is 83.8 cm³/mol. The van der Waals surface area contributed by atoms with Crippen LogP contribution in [-0.2, 0) is 29.1 Å². The molecule has 0 aliphatic heterocycles. The van der Waals surface area contributed by atoms with Gasteiger partial charge in [0.05, 0.1) is 5.97 Å². The van der Waals surface area contributed by atoms with E-state index >= 15 is 0 Å². The number of aliphatic carboxylic acids is 2. The first-order chi connectivity index (χ1) is 10.5. The maximum absolute atomic E-state index is 10.4. The van der Waals surface area contributed by atoms with Crippen LogP contribution in [-0.4, -0.2) is 11.9 Å². The zero-order valence-corrected chi connectivity index (χ0v) is 17.4. The summed E-state index contributed by atoms with van der Waals surface area (Å²) in [6.45, 7) is 3.46. The van der Waals surface area contributed by atoms with Gasteiger partial charge in [-0.15, -0.1) is 0 Å². The fourth-order valence-electron chi connectivity index (χ4n) is 2.48. The molecule has 0 saturated heterocycles. The third kappa shape index (κ3) is 19.3. The van der Waals surface area contributed by atoms with Crippen LogP contribution in [0.25, 0.3) is 0 Å². The summed E-state index contributed by atoms with van der Waals surface area (Å²) in [7, 11) is 0. The van der Waals surface area contributed by atoms with Gasteiger partial charge in [-0.05, 0) is 31.3 Å². The first kappa shape index (κ1) is 24.6. The van der Waals surface area contributed by atoms with Gasteiger partial charge in [0.15, 0.2) is 0 Å². The number of unbranched alkanes of at least 4 members (excludes halogenated alkanes) is 11. The number of carbonyl (C=O) groups excluding carboxylic acids is 2. The van der Waals surface area contributed by atoms with Crippen LogP contribution in [0.4, 0.5) is 0 Å². The van der Waals surface area contributed by atoms with Gasteiger partial charge in [-0.1, -0.05) is 70.8 Å². The number of carboxylic acid groups (broad SMARTS) is 2.